The van der Waals surface area contributed by atoms with E-state index in [1.807, 2.05) is 18.2 Å². The fourth-order valence-corrected chi connectivity index (χ4v) is 1.75. The van der Waals surface area contributed by atoms with Gasteiger partial charge in [0.1, 0.15) is 6.04 Å². The second-order valence-corrected chi connectivity index (χ2v) is 3.85. The third-order valence-corrected chi connectivity index (χ3v) is 2.61. The van der Waals surface area contributed by atoms with Crippen LogP contribution in [0.4, 0.5) is 0 Å². The molecular weight excluding hydrogens is 242 g/mol. The summed E-state index contributed by atoms with van der Waals surface area (Å²) in [5.74, 6) is -1.15. The second-order valence-electron chi connectivity index (χ2n) is 3.44. The minimum Gasteiger partial charge on any atom is -0.480 e. The molecule has 2 aromatic rings. The Balaban J connectivity index is 2.54. The van der Waals surface area contributed by atoms with Crippen LogP contribution in [0.15, 0.2) is 36.5 Å². The van der Waals surface area contributed by atoms with E-state index in [0.29, 0.717) is 5.69 Å². The molecular formula is C11H10ClN3O2. The molecule has 0 saturated carbocycles. The third kappa shape index (κ3) is 2.15. The van der Waals surface area contributed by atoms with Crippen molar-refractivity contribution in [3.8, 4) is 5.69 Å². The number of hydrogen-bond donors (Lipinski definition) is 2. The number of aliphatic carboxylic acids is 1. The van der Waals surface area contributed by atoms with Gasteiger partial charge in [-0.1, -0.05) is 29.8 Å². The molecule has 2 rings (SSSR count). The lowest BCUT2D eigenvalue weighted by atomic mass is 10.2. The second kappa shape index (κ2) is 4.57. The van der Waals surface area contributed by atoms with Gasteiger partial charge in [0.25, 0.3) is 0 Å². The molecule has 88 valence electrons. The van der Waals surface area contributed by atoms with Gasteiger partial charge in [0.2, 0.25) is 0 Å². The van der Waals surface area contributed by atoms with Crippen LogP contribution >= 0.6 is 11.6 Å². The van der Waals surface area contributed by atoms with E-state index in [1.165, 1.54) is 10.9 Å². The van der Waals surface area contributed by atoms with Crippen molar-refractivity contribution in [3.63, 3.8) is 0 Å². The maximum Gasteiger partial charge on any atom is 0.326 e. The van der Waals surface area contributed by atoms with E-state index in [4.69, 9.17) is 22.4 Å². The number of carbonyl (C=O) groups is 1. The molecule has 1 aromatic heterocycles. The first-order valence-electron chi connectivity index (χ1n) is 4.88. The van der Waals surface area contributed by atoms with E-state index >= 15 is 0 Å². The molecule has 0 aliphatic carbocycles. The summed E-state index contributed by atoms with van der Waals surface area (Å²) in [7, 11) is 0. The fraction of sp³-hybridized carbons (Fsp3) is 0.0909. The summed E-state index contributed by atoms with van der Waals surface area (Å²) in [4.78, 5) is 10.9. The molecule has 0 aliphatic heterocycles. The average molecular weight is 252 g/mol. The van der Waals surface area contributed by atoms with E-state index in [1.54, 1.807) is 12.1 Å². The van der Waals surface area contributed by atoms with Crippen molar-refractivity contribution in [3.05, 3.63) is 47.2 Å². The molecule has 0 radical (unpaired) electrons. The number of carboxylic acids is 1. The quantitative estimate of drug-likeness (QED) is 0.868. The monoisotopic (exact) mass is 251 g/mol. The van der Waals surface area contributed by atoms with Gasteiger partial charge in [-0.25, -0.2) is 4.68 Å². The van der Waals surface area contributed by atoms with Gasteiger partial charge in [-0.15, -0.1) is 0 Å². The summed E-state index contributed by atoms with van der Waals surface area (Å²) in [5, 5.41) is 13.2. The van der Waals surface area contributed by atoms with Gasteiger partial charge in [0.05, 0.1) is 22.6 Å². The minimum absolute atomic E-state index is 0.240. The molecule has 17 heavy (non-hydrogen) atoms. The van der Waals surface area contributed by atoms with Gasteiger partial charge < -0.3 is 10.8 Å². The van der Waals surface area contributed by atoms with Crippen molar-refractivity contribution in [1.29, 1.82) is 0 Å². The smallest absolute Gasteiger partial charge is 0.326 e. The molecule has 1 unspecified atom stereocenters. The van der Waals surface area contributed by atoms with E-state index in [-0.39, 0.29) is 10.7 Å². The maximum atomic E-state index is 10.9. The van der Waals surface area contributed by atoms with Crippen LogP contribution in [0.25, 0.3) is 5.69 Å². The molecule has 0 amide bonds. The number of nitrogens with two attached hydrogens (primary N) is 1. The first-order valence-corrected chi connectivity index (χ1v) is 5.26. The molecule has 6 heteroatoms. The highest BCUT2D eigenvalue weighted by Crippen LogP contribution is 2.24. The zero-order valence-corrected chi connectivity index (χ0v) is 9.50. The van der Waals surface area contributed by atoms with Crippen LogP contribution in [-0.2, 0) is 4.79 Å². The van der Waals surface area contributed by atoms with Gasteiger partial charge in [0, 0.05) is 0 Å². The Morgan fingerprint density at radius 3 is 2.65 bits per heavy atom. The zero-order valence-electron chi connectivity index (χ0n) is 8.75. The number of benzene rings is 1. The van der Waals surface area contributed by atoms with E-state index in [2.05, 4.69) is 5.10 Å². The number of carboxylic acid groups (broad SMARTS) is 1. The molecule has 0 bridgehead atoms. The Kier molecular flexibility index (Phi) is 3.12. The highest BCUT2D eigenvalue weighted by Gasteiger charge is 2.23. The summed E-state index contributed by atoms with van der Waals surface area (Å²) < 4.78 is 1.43. The van der Waals surface area contributed by atoms with E-state index in [9.17, 15) is 4.79 Å². The van der Waals surface area contributed by atoms with Crippen molar-refractivity contribution >= 4 is 17.6 Å². The highest BCUT2D eigenvalue weighted by atomic mass is 35.5. The van der Waals surface area contributed by atoms with Crippen molar-refractivity contribution < 1.29 is 9.90 Å². The van der Waals surface area contributed by atoms with Crippen LogP contribution in [0.5, 0.6) is 0 Å². The first-order chi connectivity index (χ1) is 8.11. The summed E-state index contributed by atoms with van der Waals surface area (Å²) >= 11 is 5.91. The summed E-state index contributed by atoms with van der Waals surface area (Å²) in [5.41, 5.74) is 6.56. The fourth-order valence-electron chi connectivity index (χ4n) is 1.51. The van der Waals surface area contributed by atoms with E-state index < -0.39 is 12.0 Å². The molecule has 0 fully saturated rings. The van der Waals surface area contributed by atoms with Crippen molar-refractivity contribution in [1.82, 2.24) is 9.78 Å². The number of rotatable bonds is 3. The molecule has 0 aliphatic rings. The normalized spacial score (nSPS) is 12.4. The topological polar surface area (TPSA) is 81.1 Å². The van der Waals surface area contributed by atoms with Crippen LogP contribution in [0, 0.1) is 0 Å². The molecule has 5 nitrogen and oxygen atoms in total. The molecule has 0 saturated heterocycles. The van der Waals surface area contributed by atoms with Crippen molar-refractivity contribution in [2.24, 2.45) is 5.73 Å². The summed E-state index contributed by atoms with van der Waals surface area (Å²) in [6.07, 6.45) is 1.38. The number of para-hydroxylation sites is 1. The summed E-state index contributed by atoms with van der Waals surface area (Å²) in [6.45, 7) is 0. The number of hydrogen-bond acceptors (Lipinski definition) is 3. The molecule has 1 heterocycles. The number of nitrogens with zero attached hydrogens (tertiary/aromatic N) is 2. The molecule has 1 aromatic carbocycles. The van der Waals surface area contributed by atoms with Crippen LogP contribution in [-0.4, -0.2) is 20.9 Å². The van der Waals surface area contributed by atoms with Gasteiger partial charge in [-0.05, 0) is 12.1 Å². The number of aromatic nitrogens is 2. The van der Waals surface area contributed by atoms with E-state index in [0.717, 1.165) is 0 Å². The Morgan fingerprint density at radius 1 is 1.41 bits per heavy atom. The SMILES string of the molecule is NC(C(=O)O)c1c(Cl)cnn1-c1ccccc1. The maximum absolute atomic E-state index is 10.9. The Bertz CT molecular complexity index is 539. The van der Waals surface area contributed by atoms with Crippen LogP contribution < -0.4 is 5.73 Å². The zero-order chi connectivity index (χ0) is 12.4. The third-order valence-electron chi connectivity index (χ3n) is 2.32. The van der Waals surface area contributed by atoms with Gasteiger partial charge >= 0.3 is 5.97 Å². The Labute approximate surface area is 102 Å². The van der Waals surface area contributed by atoms with Gasteiger partial charge in [-0.2, -0.15) is 5.10 Å². The minimum atomic E-state index is -1.20. The number of halogens is 1. The van der Waals surface area contributed by atoms with Gasteiger partial charge in [-0.3, -0.25) is 4.79 Å². The van der Waals surface area contributed by atoms with Crippen LogP contribution in [0.1, 0.15) is 11.7 Å². The lowest BCUT2D eigenvalue weighted by Crippen LogP contribution is -2.24. The molecule has 1 atom stereocenters. The van der Waals surface area contributed by atoms with Gasteiger partial charge in [0.15, 0.2) is 0 Å². The van der Waals surface area contributed by atoms with Crippen LogP contribution in [0.3, 0.4) is 0 Å². The van der Waals surface area contributed by atoms with Crippen LogP contribution in [0.2, 0.25) is 5.02 Å². The predicted octanol–water partition coefficient (Wildman–Crippen LogP) is 1.61. The average Bonchev–Trinajstić information content (AvgIpc) is 2.71. The Hall–Kier alpha value is -1.85. The standard InChI is InChI=1S/C11H10ClN3O2/c12-8-6-14-15(7-4-2-1-3-5-7)10(8)9(13)11(16)17/h1-6,9H,13H2,(H,16,17). The predicted molar refractivity (Wildman–Crippen MR) is 63.1 cm³/mol. The lowest BCUT2D eigenvalue weighted by molar-refractivity contribution is -0.138. The lowest BCUT2D eigenvalue weighted by Gasteiger charge is -2.11. The largest absolute Gasteiger partial charge is 0.480 e. The van der Waals surface area contributed by atoms with Crippen molar-refractivity contribution in [2.45, 2.75) is 6.04 Å². The Morgan fingerprint density at radius 2 is 2.06 bits per heavy atom. The first kappa shape index (κ1) is 11.6. The summed E-state index contributed by atoms with van der Waals surface area (Å²) in [6, 6.07) is 7.88. The highest BCUT2D eigenvalue weighted by molar-refractivity contribution is 6.31. The van der Waals surface area contributed by atoms with Crippen molar-refractivity contribution in [2.75, 3.05) is 0 Å². The molecule has 3 N–H and O–H groups in total. The molecule has 0 spiro atoms.